The fourth-order valence-electron chi connectivity index (χ4n) is 7.74. The highest BCUT2D eigenvalue weighted by molar-refractivity contribution is 5.76. The van der Waals surface area contributed by atoms with Crippen LogP contribution in [0.3, 0.4) is 0 Å². The van der Waals surface area contributed by atoms with Gasteiger partial charge in [0.2, 0.25) is 5.91 Å². The Kier molecular flexibility index (Phi) is 39.8. The number of hydrogen-bond acceptors (Lipinski definition) is 17. The van der Waals surface area contributed by atoms with E-state index in [0.29, 0.717) is 155 Å². The van der Waals surface area contributed by atoms with Crippen molar-refractivity contribution in [2.24, 2.45) is 23.7 Å². The second-order valence-electron chi connectivity index (χ2n) is 21.9. The average molecular weight is 1110 g/mol. The minimum atomic E-state index is -0.651. The van der Waals surface area contributed by atoms with Crippen molar-refractivity contribution in [1.82, 2.24) is 50.3 Å². The van der Waals surface area contributed by atoms with Gasteiger partial charge < -0.3 is 52.7 Å². The lowest BCUT2D eigenvalue weighted by molar-refractivity contribution is -0.125. The van der Waals surface area contributed by atoms with Gasteiger partial charge in [0.1, 0.15) is 0 Å². The van der Waals surface area contributed by atoms with Crippen LogP contribution in [0.15, 0.2) is 18.6 Å². The van der Waals surface area contributed by atoms with Crippen LogP contribution in [-0.4, -0.2) is 189 Å². The maximum absolute atomic E-state index is 13.6. The van der Waals surface area contributed by atoms with Gasteiger partial charge in [0.15, 0.2) is 0 Å². The smallest absolute Gasteiger partial charge is 0.222 e. The van der Waals surface area contributed by atoms with E-state index < -0.39 is 5.54 Å². The largest absolute Gasteiger partial charge is 0.381 e. The maximum atomic E-state index is 13.6. The molecular formula is C57H106N10O11. The molecule has 450 valence electrons. The van der Waals surface area contributed by atoms with Crippen LogP contribution in [0.2, 0.25) is 0 Å². The molecule has 0 unspecified atom stereocenters. The van der Waals surface area contributed by atoms with Crippen LogP contribution in [0.4, 0.5) is 0 Å². The SMILES string of the molecule is CC(C)CCOCCC(=O)NC(CCOCCOCCCn1cc(CCOCCC(C)C)nn1)(CCOCCOCCCn1cc(CCOCCC(C)C)nn1)CCOCCOCCCn1cc(CCOCCC(C)C)nn1. The number of nitrogens with zero attached hydrogens (tertiary/aromatic N) is 9. The van der Waals surface area contributed by atoms with Crippen molar-refractivity contribution in [1.29, 1.82) is 0 Å². The van der Waals surface area contributed by atoms with E-state index in [4.69, 9.17) is 47.4 Å². The Morgan fingerprint density at radius 3 is 0.987 bits per heavy atom. The van der Waals surface area contributed by atoms with Crippen LogP contribution in [0.1, 0.15) is 143 Å². The first kappa shape index (κ1) is 68.8. The molecule has 0 saturated heterocycles. The van der Waals surface area contributed by atoms with Crippen LogP contribution in [0, 0.1) is 23.7 Å². The highest BCUT2D eigenvalue weighted by Crippen LogP contribution is 2.22. The molecule has 0 atom stereocenters. The number of hydrogen-bond donors (Lipinski definition) is 1. The molecule has 1 N–H and O–H groups in total. The Morgan fingerprint density at radius 2 is 0.679 bits per heavy atom. The van der Waals surface area contributed by atoms with E-state index in [1.54, 1.807) is 0 Å². The summed E-state index contributed by atoms with van der Waals surface area (Å²) < 4.78 is 64.8. The van der Waals surface area contributed by atoms with Gasteiger partial charge in [-0.1, -0.05) is 71.0 Å². The minimum Gasteiger partial charge on any atom is -0.381 e. The van der Waals surface area contributed by atoms with E-state index in [9.17, 15) is 4.79 Å². The Morgan fingerprint density at radius 1 is 0.397 bits per heavy atom. The molecule has 0 fully saturated rings. The van der Waals surface area contributed by atoms with Gasteiger partial charge in [0, 0.05) is 136 Å². The highest BCUT2D eigenvalue weighted by atomic mass is 16.5. The Hall–Kier alpha value is -3.51. The molecule has 1 amide bonds. The van der Waals surface area contributed by atoms with Gasteiger partial charge >= 0.3 is 0 Å². The van der Waals surface area contributed by atoms with E-state index in [-0.39, 0.29) is 12.3 Å². The zero-order valence-corrected chi connectivity index (χ0v) is 49.7. The number of carbonyl (C=O) groups excluding carboxylic acids is 1. The molecule has 0 aliphatic heterocycles. The standard InChI is InChI=1S/C57H106N10O11/c1-49(2)12-29-72-33-16-53-46-65(62-59-53)23-9-26-69-40-43-76-37-20-57(58-56(68)19-36-75-32-15-52(7)8,21-38-77-44-41-70-27-10-24-66-47-54(60-63-66)17-34-73-30-13-50(3)4)22-39-78-45-42-71-28-11-25-67-48-55(61-64-67)18-35-74-31-14-51(5)6/h46-52H,9-45H2,1-8H3,(H,58,68). The monoisotopic (exact) mass is 1110 g/mol. The second-order valence-corrected chi connectivity index (χ2v) is 21.9. The summed E-state index contributed by atoms with van der Waals surface area (Å²) >= 11 is 0. The van der Waals surface area contributed by atoms with Crippen molar-refractivity contribution < 1.29 is 52.2 Å². The van der Waals surface area contributed by atoms with Gasteiger partial charge in [-0.2, -0.15) is 0 Å². The van der Waals surface area contributed by atoms with E-state index in [1.807, 2.05) is 32.6 Å². The first-order valence-corrected chi connectivity index (χ1v) is 29.7. The predicted molar refractivity (Wildman–Crippen MR) is 300 cm³/mol. The van der Waals surface area contributed by atoms with Crippen molar-refractivity contribution in [2.45, 2.75) is 170 Å². The molecule has 3 aromatic heterocycles. The van der Waals surface area contributed by atoms with Crippen molar-refractivity contribution in [3.63, 3.8) is 0 Å². The predicted octanol–water partition coefficient (Wildman–Crippen LogP) is 7.43. The molecule has 3 aromatic rings. The van der Waals surface area contributed by atoms with Crippen molar-refractivity contribution in [2.75, 3.05) is 132 Å². The Labute approximate surface area is 468 Å². The van der Waals surface area contributed by atoms with Gasteiger partial charge in [0.25, 0.3) is 0 Å². The highest BCUT2D eigenvalue weighted by Gasteiger charge is 2.31. The third-order valence-corrected chi connectivity index (χ3v) is 12.8. The third-order valence-electron chi connectivity index (χ3n) is 12.8. The molecular weight excluding hydrogens is 1000 g/mol. The molecule has 0 radical (unpaired) electrons. The van der Waals surface area contributed by atoms with Crippen LogP contribution in [0.25, 0.3) is 0 Å². The van der Waals surface area contributed by atoms with Crippen LogP contribution < -0.4 is 5.32 Å². The topological polar surface area (TPSA) is 214 Å². The molecule has 21 nitrogen and oxygen atoms in total. The number of aryl methyl sites for hydroxylation is 3. The summed E-state index contributed by atoms with van der Waals surface area (Å²) in [5.74, 6) is 2.35. The zero-order chi connectivity index (χ0) is 56.2. The minimum absolute atomic E-state index is 0.0760. The number of aromatic nitrogens is 9. The number of carbonyl (C=O) groups is 1. The normalized spacial score (nSPS) is 12.2. The molecule has 3 rings (SSSR count). The van der Waals surface area contributed by atoms with E-state index >= 15 is 0 Å². The molecule has 3 heterocycles. The number of nitrogens with one attached hydrogen (secondary N) is 1. The second kappa shape index (κ2) is 45.1. The number of rotatable bonds is 55. The lowest BCUT2D eigenvalue weighted by Crippen LogP contribution is -2.51. The maximum Gasteiger partial charge on any atom is 0.222 e. The summed E-state index contributed by atoms with van der Waals surface area (Å²) in [4.78, 5) is 13.6. The van der Waals surface area contributed by atoms with Crippen molar-refractivity contribution in [3.8, 4) is 0 Å². The molecule has 0 saturated carbocycles. The summed E-state index contributed by atoms with van der Waals surface area (Å²) in [5.41, 5.74) is 2.15. The third kappa shape index (κ3) is 37.4. The first-order chi connectivity index (χ1) is 37.9. The Balaban J connectivity index is 1.45. The molecule has 21 heteroatoms. The summed E-state index contributed by atoms with van der Waals surface area (Å²) in [6.45, 7) is 30.6. The summed E-state index contributed by atoms with van der Waals surface area (Å²) in [6, 6.07) is 0. The number of amides is 1. The quantitative estimate of drug-likeness (QED) is 0.0544. The first-order valence-electron chi connectivity index (χ1n) is 29.7. The van der Waals surface area contributed by atoms with Gasteiger partial charge in [-0.05, 0) is 87.9 Å². The van der Waals surface area contributed by atoms with E-state index in [2.05, 4.69) is 91.6 Å². The van der Waals surface area contributed by atoms with E-state index in [0.717, 1.165) is 121 Å². The van der Waals surface area contributed by atoms with Crippen LogP contribution >= 0.6 is 0 Å². The van der Waals surface area contributed by atoms with Gasteiger partial charge in [0.05, 0.1) is 83.2 Å². The lowest BCUT2D eigenvalue weighted by Gasteiger charge is -2.35. The molecule has 0 bridgehead atoms. The lowest BCUT2D eigenvalue weighted by atomic mass is 9.88. The Bertz CT molecular complexity index is 1670. The zero-order valence-electron chi connectivity index (χ0n) is 49.7. The molecule has 0 aromatic carbocycles. The molecule has 0 aliphatic carbocycles. The average Bonchev–Trinajstić information content (AvgIpc) is 4.18. The summed E-state index contributed by atoms with van der Waals surface area (Å²) in [5, 5.41) is 29.0. The number of ether oxygens (including phenoxy) is 10. The molecule has 0 spiro atoms. The van der Waals surface area contributed by atoms with Gasteiger partial charge in [-0.15, -0.1) is 15.3 Å². The van der Waals surface area contributed by atoms with Crippen molar-refractivity contribution in [3.05, 3.63) is 35.7 Å². The van der Waals surface area contributed by atoms with Crippen molar-refractivity contribution >= 4 is 5.91 Å². The van der Waals surface area contributed by atoms with Gasteiger partial charge in [-0.3, -0.25) is 18.8 Å². The van der Waals surface area contributed by atoms with E-state index in [1.165, 1.54) is 0 Å². The van der Waals surface area contributed by atoms with Gasteiger partial charge in [-0.25, -0.2) is 0 Å². The fourth-order valence-corrected chi connectivity index (χ4v) is 7.74. The fraction of sp³-hybridized carbons (Fsp3) is 0.877. The van der Waals surface area contributed by atoms with Crippen LogP contribution in [-0.2, 0) is 91.1 Å². The summed E-state index contributed by atoms with van der Waals surface area (Å²) in [7, 11) is 0. The summed E-state index contributed by atoms with van der Waals surface area (Å²) in [6.07, 6.45) is 16.7. The molecule has 0 aliphatic rings. The molecule has 78 heavy (non-hydrogen) atoms. The van der Waals surface area contributed by atoms with Crippen LogP contribution in [0.5, 0.6) is 0 Å².